The van der Waals surface area contributed by atoms with Crippen molar-refractivity contribution in [1.29, 1.82) is 0 Å². The number of halogens is 2. The molecule has 0 fully saturated rings. The van der Waals surface area contributed by atoms with Crippen molar-refractivity contribution in [2.45, 2.75) is 37.8 Å². The van der Waals surface area contributed by atoms with Gasteiger partial charge in [0.2, 0.25) is 11.8 Å². The number of anilines is 1. The Labute approximate surface area is 263 Å². The predicted octanol–water partition coefficient (Wildman–Crippen LogP) is 6.19. The van der Waals surface area contributed by atoms with E-state index >= 15 is 0 Å². The van der Waals surface area contributed by atoms with Gasteiger partial charge in [0.05, 0.1) is 10.6 Å². The molecule has 4 aromatic rings. The van der Waals surface area contributed by atoms with Gasteiger partial charge in [-0.25, -0.2) is 8.42 Å². The third-order valence-electron chi connectivity index (χ3n) is 7.33. The van der Waals surface area contributed by atoms with E-state index in [1.807, 2.05) is 50.2 Å². The van der Waals surface area contributed by atoms with Crippen LogP contribution in [0.3, 0.4) is 0 Å². The molecule has 1 N–H and O–H groups in total. The van der Waals surface area contributed by atoms with E-state index in [0.29, 0.717) is 26.9 Å². The summed E-state index contributed by atoms with van der Waals surface area (Å²) >= 11 is 12.6. The van der Waals surface area contributed by atoms with E-state index < -0.39 is 34.4 Å². The second kappa shape index (κ2) is 14.1. The van der Waals surface area contributed by atoms with Gasteiger partial charge in [0, 0.05) is 30.1 Å². The molecule has 0 spiro atoms. The van der Waals surface area contributed by atoms with Gasteiger partial charge in [0.15, 0.2) is 0 Å². The molecule has 43 heavy (non-hydrogen) atoms. The summed E-state index contributed by atoms with van der Waals surface area (Å²) < 4.78 is 29.3. The molecular formula is C33H33Cl2N3O4S. The van der Waals surface area contributed by atoms with E-state index in [-0.39, 0.29) is 17.9 Å². The summed E-state index contributed by atoms with van der Waals surface area (Å²) in [5, 5.41) is 3.42. The first-order valence-corrected chi connectivity index (χ1v) is 15.9. The topological polar surface area (TPSA) is 86.8 Å². The number of hydrogen-bond acceptors (Lipinski definition) is 4. The molecule has 2 amide bonds. The molecule has 4 aromatic carbocycles. The lowest BCUT2D eigenvalue weighted by Crippen LogP contribution is -2.53. The summed E-state index contributed by atoms with van der Waals surface area (Å²) in [6.07, 6.45) is 0.201. The smallest absolute Gasteiger partial charge is 0.264 e. The van der Waals surface area contributed by atoms with Crippen LogP contribution < -0.4 is 9.62 Å². The molecule has 0 bridgehead atoms. The molecule has 4 rings (SSSR count). The van der Waals surface area contributed by atoms with Crippen LogP contribution in [0.25, 0.3) is 0 Å². The van der Waals surface area contributed by atoms with Gasteiger partial charge in [0.25, 0.3) is 10.0 Å². The highest BCUT2D eigenvalue weighted by Crippen LogP contribution is 2.30. The Kier molecular flexibility index (Phi) is 10.5. The fourth-order valence-electron chi connectivity index (χ4n) is 4.79. The summed E-state index contributed by atoms with van der Waals surface area (Å²) in [4.78, 5) is 29.2. The molecular weight excluding hydrogens is 605 g/mol. The van der Waals surface area contributed by atoms with Gasteiger partial charge in [-0.15, -0.1) is 0 Å². The predicted molar refractivity (Wildman–Crippen MR) is 172 cm³/mol. The highest BCUT2D eigenvalue weighted by atomic mass is 35.5. The average molecular weight is 639 g/mol. The van der Waals surface area contributed by atoms with Crippen LogP contribution >= 0.6 is 23.2 Å². The van der Waals surface area contributed by atoms with E-state index in [1.165, 1.54) is 24.1 Å². The zero-order valence-corrected chi connectivity index (χ0v) is 26.5. The van der Waals surface area contributed by atoms with Crippen LogP contribution in [0.15, 0.2) is 102 Å². The van der Waals surface area contributed by atoms with Gasteiger partial charge in [-0.2, -0.15) is 0 Å². The number of benzene rings is 4. The Morgan fingerprint density at radius 2 is 1.51 bits per heavy atom. The normalized spacial score (nSPS) is 11.9. The number of nitrogens with zero attached hydrogens (tertiary/aromatic N) is 2. The quantitative estimate of drug-likeness (QED) is 0.212. The first-order chi connectivity index (χ1) is 20.5. The van der Waals surface area contributed by atoms with E-state index in [1.54, 1.807) is 48.5 Å². The van der Waals surface area contributed by atoms with Crippen LogP contribution in [0.2, 0.25) is 10.0 Å². The largest absolute Gasteiger partial charge is 0.357 e. The van der Waals surface area contributed by atoms with E-state index in [9.17, 15) is 18.0 Å². The van der Waals surface area contributed by atoms with Crippen molar-refractivity contribution in [3.05, 3.63) is 129 Å². The monoisotopic (exact) mass is 637 g/mol. The van der Waals surface area contributed by atoms with E-state index in [4.69, 9.17) is 23.2 Å². The summed E-state index contributed by atoms with van der Waals surface area (Å²) in [6.45, 7) is 3.10. The number of rotatable bonds is 11. The van der Waals surface area contributed by atoms with Crippen LogP contribution in [0.1, 0.15) is 22.3 Å². The molecule has 0 aliphatic rings. The lowest BCUT2D eigenvalue weighted by atomic mass is 10.0. The molecule has 0 aliphatic carbocycles. The van der Waals surface area contributed by atoms with Crippen LogP contribution in [0, 0.1) is 13.8 Å². The van der Waals surface area contributed by atoms with Gasteiger partial charge < -0.3 is 10.2 Å². The summed E-state index contributed by atoms with van der Waals surface area (Å²) in [6, 6.07) is 26.5. The Balaban J connectivity index is 1.83. The molecule has 0 aromatic heterocycles. The second-order valence-corrected chi connectivity index (χ2v) is 12.8. The molecule has 7 nitrogen and oxygen atoms in total. The molecule has 0 saturated carbocycles. The lowest BCUT2D eigenvalue weighted by molar-refractivity contribution is -0.139. The zero-order chi connectivity index (χ0) is 31.1. The van der Waals surface area contributed by atoms with Gasteiger partial charge in [-0.05, 0) is 66.4 Å². The molecule has 0 aliphatic heterocycles. The highest BCUT2D eigenvalue weighted by Gasteiger charge is 2.35. The number of carbonyl (C=O) groups is 2. The maximum atomic E-state index is 14.4. The lowest BCUT2D eigenvalue weighted by Gasteiger charge is -2.34. The number of amides is 2. The fourth-order valence-corrected chi connectivity index (χ4v) is 6.75. The van der Waals surface area contributed by atoms with Crippen molar-refractivity contribution >= 4 is 50.7 Å². The van der Waals surface area contributed by atoms with Crippen LogP contribution in [-0.2, 0) is 32.6 Å². The molecule has 0 heterocycles. The standard InChI is InChI=1S/C33H33Cl2N3O4S/c1-23-11-10-16-30(24(23)2)38(43(41,42)28-14-8-5-9-15-28)22-32(39)37(21-26-17-18-27(34)20-29(26)35)31(33(40)36-3)19-25-12-6-4-7-13-25/h4-18,20,31H,19,21-22H2,1-3H3,(H,36,40). The molecule has 1 unspecified atom stereocenters. The van der Waals surface area contributed by atoms with Crippen molar-refractivity contribution in [3.63, 3.8) is 0 Å². The first-order valence-electron chi connectivity index (χ1n) is 13.7. The highest BCUT2D eigenvalue weighted by molar-refractivity contribution is 7.92. The molecule has 1 atom stereocenters. The Hall–Kier alpha value is -3.85. The number of nitrogens with one attached hydrogen (secondary N) is 1. The van der Waals surface area contributed by atoms with Gasteiger partial charge in [-0.1, -0.05) is 89.9 Å². The first kappa shape index (κ1) is 32.1. The van der Waals surface area contributed by atoms with E-state index in [2.05, 4.69) is 5.32 Å². The van der Waals surface area contributed by atoms with E-state index in [0.717, 1.165) is 15.4 Å². The zero-order valence-electron chi connectivity index (χ0n) is 24.1. The molecule has 0 radical (unpaired) electrons. The Morgan fingerprint density at radius 3 is 2.14 bits per heavy atom. The minimum atomic E-state index is -4.18. The van der Waals surface area contributed by atoms with Crippen LogP contribution in [0.4, 0.5) is 5.69 Å². The summed E-state index contributed by atoms with van der Waals surface area (Å²) in [7, 11) is -2.68. The number of hydrogen-bond donors (Lipinski definition) is 1. The number of likely N-dealkylation sites (N-methyl/N-ethyl adjacent to an activating group) is 1. The van der Waals surface area contributed by atoms with Crippen LogP contribution in [0.5, 0.6) is 0 Å². The van der Waals surface area contributed by atoms with Crippen molar-refractivity contribution in [1.82, 2.24) is 10.2 Å². The molecule has 10 heteroatoms. The fraction of sp³-hybridized carbons (Fsp3) is 0.212. The third-order valence-corrected chi connectivity index (χ3v) is 9.69. The average Bonchev–Trinajstić information content (AvgIpc) is 3.00. The number of carbonyl (C=O) groups excluding carboxylic acids is 2. The Morgan fingerprint density at radius 1 is 0.860 bits per heavy atom. The van der Waals surface area contributed by atoms with Crippen LogP contribution in [-0.4, -0.2) is 44.8 Å². The summed E-state index contributed by atoms with van der Waals surface area (Å²) in [5.74, 6) is -0.970. The van der Waals surface area contributed by atoms with Gasteiger partial charge >= 0.3 is 0 Å². The summed E-state index contributed by atoms with van der Waals surface area (Å²) in [5.41, 5.74) is 3.36. The minimum Gasteiger partial charge on any atom is -0.357 e. The minimum absolute atomic E-state index is 0.0446. The number of sulfonamides is 1. The van der Waals surface area contributed by atoms with Crippen molar-refractivity contribution in [2.75, 3.05) is 17.9 Å². The van der Waals surface area contributed by atoms with Crippen molar-refractivity contribution in [2.24, 2.45) is 0 Å². The van der Waals surface area contributed by atoms with Gasteiger partial charge in [-0.3, -0.25) is 13.9 Å². The second-order valence-electron chi connectivity index (χ2n) is 10.1. The Bertz CT molecular complexity index is 1700. The molecule has 224 valence electrons. The number of aryl methyl sites for hydroxylation is 1. The van der Waals surface area contributed by atoms with Gasteiger partial charge in [0.1, 0.15) is 12.6 Å². The van der Waals surface area contributed by atoms with Crippen molar-refractivity contribution < 1.29 is 18.0 Å². The van der Waals surface area contributed by atoms with Crippen molar-refractivity contribution in [3.8, 4) is 0 Å². The maximum Gasteiger partial charge on any atom is 0.264 e. The third kappa shape index (κ3) is 7.57. The molecule has 0 saturated heterocycles. The maximum absolute atomic E-state index is 14.4. The SMILES string of the molecule is CNC(=O)C(Cc1ccccc1)N(Cc1ccc(Cl)cc1Cl)C(=O)CN(c1cccc(C)c1C)S(=O)(=O)c1ccccc1.